The third-order valence-electron chi connectivity index (χ3n) is 4.79. The summed E-state index contributed by atoms with van der Waals surface area (Å²) >= 11 is 6.05. The molecular formula is C23H30ClNO3S. The predicted molar refractivity (Wildman–Crippen MR) is 121 cm³/mol. The number of carbonyl (C=O) groups excluding carboxylic acids is 1. The summed E-state index contributed by atoms with van der Waals surface area (Å²) in [6, 6.07) is 13.4. The summed E-state index contributed by atoms with van der Waals surface area (Å²) in [6.07, 6.45) is 8.67. The normalized spacial score (nSPS) is 11.4. The fourth-order valence-electron chi connectivity index (χ4n) is 3.18. The summed E-state index contributed by atoms with van der Waals surface area (Å²) in [5.74, 6) is -0.221. The third kappa shape index (κ3) is 8.19. The van der Waals surface area contributed by atoms with Gasteiger partial charge in [0.2, 0.25) is 10.0 Å². The molecule has 6 heteroatoms. The highest BCUT2D eigenvalue weighted by atomic mass is 35.5. The summed E-state index contributed by atoms with van der Waals surface area (Å²) in [5.41, 5.74) is 1.00. The van der Waals surface area contributed by atoms with E-state index in [4.69, 9.17) is 11.6 Å². The van der Waals surface area contributed by atoms with E-state index in [0.717, 1.165) is 19.3 Å². The minimum Gasteiger partial charge on any atom is -0.289 e. The zero-order valence-corrected chi connectivity index (χ0v) is 18.6. The van der Waals surface area contributed by atoms with E-state index in [1.54, 1.807) is 36.4 Å². The van der Waals surface area contributed by atoms with Crippen molar-refractivity contribution in [3.8, 4) is 0 Å². The van der Waals surface area contributed by atoms with E-state index in [1.807, 2.05) is 6.07 Å². The summed E-state index contributed by atoms with van der Waals surface area (Å²) in [4.78, 5) is 12.8. The Morgan fingerprint density at radius 3 is 2.17 bits per heavy atom. The molecule has 1 N–H and O–H groups in total. The van der Waals surface area contributed by atoms with Crippen LogP contribution in [0.1, 0.15) is 74.2 Å². The molecule has 0 heterocycles. The van der Waals surface area contributed by atoms with Gasteiger partial charge in [-0.25, -0.2) is 8.42 Å². The first-order valence-corrected chi connectivity index (χ1v) is 12.4. The Hall–Kier alpha value is -1.85. The van der Waals surface area contributed by atoms with Crippen molar-refractivity contribution in [2.24, 2.45) is 0 Å². The molecule has 29 heavy (non-hydrogen) atoms. The number of sulfonamides is 1. The number of anilines is 1. The molecule has 4 nitrogen and oxygen atoms in total. The Bertz CT molecular complexity index is 882. The lowest BCUT2D eigenvalue weighted by molar-refractivity contribution is 0.103. The van der Waals surface area contributed by atoms with E-state index in [-0.39, 0.29) is 22.8 Å². The van der Waals surface area contributed by atoms with Crippen LogP contribution in [0.3, 0.4) is 0 Å². The van der Waals surface area contributed by atoms with E-state index in [2.05, 4.69) is 11.6 Å². The first kappa shape index (κ1) is 23.4. The summed E-state index contributed by atoms with van der Waals surface area (Å²) in [6.45, 7) is 2.19. The molecule has 0 saturated carbocycles. The lowest BCUT2D eigenvalue weighted by atomic mass is 10.0. The Balaban J connectivity index is 1.95. The molecule has 0 radical (unpaired) electrons. The second-order valence-corrected chi connectivity index (χ2v) is 9.56. The summed E-state index contributed by atoms with van der Waals surface area (Å²) < 4.78 is 27.6. The largest absolute Gasteiger partial charge is 0.289 e. The average molecular weight is 436 g/mol. The van der Waals surface area contributed by atoms with Crippen LogP contribution in [-0.4, -0.2) is 20.0 Å². The van der Waals surface area contributed by atoms with Gasteiger partial charge < -0.3 is 0 Å². The highest BCUT2D eigenvalue weighted by Crippen LogP contribution is 2.25. The smallest absolute Gasteiger partial charge is 0.232 e. The molecule has 0 amide bonds. The fourth-order valence-corrected chi connectivity index (χ4v) is 4.55. The number of hydrogen-bond donors (Lipinski definition) is 1. The van der Waals surface area contributed by atoms with Gasteiger partial charge in [-0.2, -0.15) is 0 Å². The molecule has 0 saturated heterocycles. The maximum absolute atomic E-state index is 12.8. The van der Waals surface area contributed by atoms with Crippen LogP contribution in [0.4, 0.5) is 5.69 Å². The zero-order chi connectivity index (χ0) is 21.1. The van der Waals surface area contributed by atoms with Crippen LogP contribution in [0.2, 0.25) is 5.02 Å². The maximum atomic E-state index is 12.8. The van der Waals surface area contributed by atoms with Crippen LogP contribution in [0.5, 0.6) is 0 Å². The zero-order valence-electron chi connectivity index (χ0n) is 17.0. The van der Waals surface area contributed by atoms with Gasteiger partial charge in [0.25, 0.3) is 0 Å². The summed E-state index contributed by atoms with van der Waals surface area (Å²) in [5, 5.41) is 0.385. The van der Waals surface area contributed by atoms with Crippen molar-refractivity contribution < 1.29 is 13.2 Å². The second kappa shape index (κ2) is 12.0. The van der Waals surface area contributed by atoms with Gasteiger partial charge >= 0.3 is 0 Å². The maximum Gasteiger partial charge on any atom is 0.232 e. The van der Waals surface area contributed by atoms with Gasteiger partial charge in [-0.1, -0.05) is 93.8 Å². The Labute approximate surface area is 179 Å². The van der Waals surface area contributed by atoms with Gasteiger partial charge in [0.15, 0.2) is 5.78 Å². The third-order valence-corrected chi connectivity index (χ3v) is 6.39. The predicted octanol–water partition coefficient (Wildman–Crippen LogP) is 6.45. The molecule has 158 valence electrons. The molecule has 2 rings (SSSR count). The van der Waals surface area contributed by atoms with Crippen molar-refractivity contribution in [3.05, 3.63) is 64.7 Å². The molecular weight excluding hydrogens is 406 g/mol. The first-order valence-electron chi connectivity index (χ1n) is 10.3. The van der Waals surface area contributed by atoms with E-state index in [0.29, 0.717) is 17.0 Å². The number of rotatable bonds is 13. The molecule has 0 fully saturated rings. The lowest BCUT2D eigenvalue weighted by Gasteiger charge is -2.13. The van der Waals surface area contributed by atoms with Crippen molar-refractivity contribution in [2.75, 3.05) is 10.5 Å². The second-order valence-electron chi connectivity index (χ2n) is 7.28. The highest BCUT2D eigenvalue weighted by Gasteiger charge is 2.18. The molecule has 0 aliphatic heterocycles. The number of halogens is 1. The molecule has 0 atom stereocenters. The molecule has 0 spiro atoms. The van der Waals surface area contributed by atoms with Crippen LogP contribution in [0.15, 0.2) is 48.5 Å². The van der Waals surface area contributed by atoms with Gasteiger partial charge in [-0.05, 0) is 24.6 Å². The fraction of sp³-hybridized carbons (Fsp3) is 0.435. The number of nitrogens with one attached hydrogen (secondary N) is 1. The van der Waals surface area contributed by atoms with Gasteiger partial charge in [0.05, 0.1) is 11.4 Å². The number of ketones is 1. The molecule has 2 aromatic carbocycles. The lowest BCUT2D eigenvalue weighted by Crippen LogP contribution is -2.19. The number of unbranched alkanes of at least 4 members (excludes halogenated alkanes) is 7. The van der Waals surface area contributed by atoms with Crippen molar-refractivity contribution in [2.45, 2.75) is 58.3 Å². The van der Waals surface area contributed by atoms with Crippen molar-refractivity contribution in [1.82, 2.24) is 0 Å². The summed E-state index contributed by atoms with van der Waals surface area (Å²) in [7, 11) is -3.53. The number of hydrogen-bond acceptors (Lipinski definition) is 3. The van der Waals surface area contributed by atoms with Gasteiger partial charge in [0, 0.05) is 16.1 Å². The van der Waals surface area contributed by atoms with Crippen LogP contribution >= 0.6 is 11.6 Å². The molecule has 0 unspecified atom stereocenters. The van der Waals surface area contributed by atoms with Gasteiger partial charge in [-0.3, -0.25) is 9.52 Å². The van der Waals surface area contributed by atoms with E-state index >= 15 is 0 Å². The highest BCUT2D eigenvalue weighted by molar-refractivity contribution is 7.92. The van der Waals surface area contributed by atoms with Crippen molar-refractivity contribution >= 4 is 33.1 Å². The molecule has 2 aromatic rings. The molecule has 0 bridgehead atoms. The standard InChI is InChI=1S/C23H30ClNO3S/c1-2-3-4-5-6-7-8-12-17-29(27,28)25-22-16-15-20(24)18-21(22)23(26)19-13-10-9-11-14-19/h9-11,13-16,18,25H,2-8,12,17H2,1H3. The Morgan fingerprint density at radius 2 is 1.52 bits per heavy atom. The SMILES string of the molecule is CCCCCCCCCCS(=O)(=O)Nc1ccc(Cl)cc1C(=O)c1ccccc1. The molecule has 0 aliphatic rings. The minimum absolute atomic E-state index is 0.0452. The molecule has 0 aromatic heterocycles. The van der Waals surface area contributed by atoms with E-state index < -0.39 is 10.0 Å². The van der Waals surface area contributed by atoms with Crippen molar-refractivity contribution in [1.29, 1.82) is 0 Å². The topological polar surface area (TPSA) is 63.2 Å². The van der Waals surface area contributed by atoms with E-state index in [9.17, 15) is 13.2 Å². The van der Waals surface area contributed by atoms with Gasteiger partial charge in [0.1, 0.15) is 0 Å². The Kier molecular flexibility index (Phi) is 9.68. The first-order chi connectivity index (χ1) is 13.9. The average Bonchev–Trinajstić information content (AvgIpc) is 2.71. The van der Waals surface area contributed by atoms with Crippen LogP contribution < -0.4 is 4.72 Å². The van der Waals surface area contributed by atoms with Crippen molar-refractivity contribution in [3.63, 3.8) is 0 Å². The number of benzene rings is 2. The van der Waals surface area contributed by atoms with Crippen LogP contribution in [0.25, 0.3) is 0 Å². The van der Waals surface area contributed by atoms with Gasteiger partial charge in [-0.15, -0.1) is 0 Å². The minimum atomic E-state index is -3.53. The van der Waals surface area contributed by atoms with E-state index in [1.165, 1.54) is 31.7 Å². The quantitative estimate of drug-likeness (QED) is 0.290. The molecule has 0 aliphatic carbocycles. The number of carbonyl (C=O) groups is 1. The van der Waals surface area contributed by atoms with Crippen LogP contribution in [-0.2, 0) is 10.0 Å². The monoisotopic (exact) mass is 435 g/mol. The van der Waals surface area contributed by atoms with Crippen LogP contribution in [0, 0.1) is 0 Å². The Morgan fingerprint density at radius 1 is 0.897 bits per heavy atom.